The fourth-order valence-corrected chi connectivity index (χ4v) is 1.89. The largest absolute Gasteiger partial charge is 0.467 e. The monoisotopic (exact) mass is 280 g/mol. The van der Waals surface area contributed by atoms with Gasteiger partial charge in [0.15, 0.2) is 27.6 Å². The molecule has 1 rings (SSSR count). The van der Waals surface area contributed by atoms with Gasteiger partial charge in [0, 0.05) is 11.8 Å². The Morgan fingerprint density at radius 3 is 2.39 bits per heavy atom. The molecule has 0 saturated carbocycles. The predicted molar refractivity (Wildman–Crippen MR) is 56.4 cm³/mol. The molecule has 18 heavy (non-hydrogen) atoms. The SMILES string of the molecule is COC(=O)C(O)c1cc(S(C)(=O)=O)cc(F)c1F. The van der Waals surface area contributed by atoms with Gasteiger partial charge in [0.2, 0.25) is 0 Å². The van der Waals surface area contributed by atoms with Gasteiger partial charge in [-0.2, -0.15) is 0 Å². The Balaban J connectivity index is 3.45. The number of methoxy groups -OCH3 is 1. The fourth-order valence-electron chi connectivity index (χ4n) is 1.24. The van der Waals surface area contributed by atoms with Gasteiger partial charge >= 0.3 is 5.97 Å². The molecule has 8 heteroatoms. The van der Waals surface area contributed by atoms with Gasteiger partial charge in [-0.3, -0.25) is 0 Å². The van der Waals surface area contributed by atoms with Crippen molar-refractivity contribution in [2.75, 3.05) is 13.4 Å². The molecule has 0 aliphatic rings. The maximum Gasteiger partial charge on any atom is 0.339 e. The van der Waals surface area contributed by atoms with E-state index in [1.807, 2.05) is 0 Å². The molecule has 0 aromatic heterocycles. The molecule has 1 N–H and O–H groups in total. The van der Waals surface area contributed by atoms with Crippen LogP contribution in [0.1, 0.15) is 11.7 Å². The molecule has 0 fully saturated rings. The van der Waals surface area contributed by atoms with E-state index >= 15 is 0 Å². The molecule has 1 aromatic carbocycles. The van der Waals surface area contributed by atoms with Crippen LogP contribution >= 0.6 is 0 Å². The summed E-state index contributed by atoms with van der Waals surface area (Å²) in [5.74, 6) is -4.20. The molecule has 0 aliphatic carbocycles. The number of ether oxygens (including phenoxy) is 1. The summed E-state index contributed by atoms with van der Waals surface area (Å²) in [4.78, 5) is 10.5. The molecule has 0 saturated heterocycles. The van der Waals surface area contributed by atoms with Crippen LogP contribution in [0.25, 0.3) is 0 Å². The maximum atomic E-state index is 13.4. The number of carbonyl (C=O) groups excluding carboxylic acids is 1. The second-order valence-electron chi connectivity index (χ2n) is 3.51. The van der Waals surface area contributed by atoms with E-state index < -0.39 is 44.0 Å². The molecule has 0 radical (unpaired) electrons. The number of benzene rings is 1. The minimum absolute atomic E-state index is 0.470. The van der Waals surface area contributed by atoms with Gasteiger partial charge in [-0.15, -0.1) is 0 Å². The number of hydrogen-bond acceptors (Lipinski definition) is 5. The Morgan fingerprint density at radius 2 is 1.94 bits per heavy atom. The van der Waals surface area contributed by atoms with E-state index in [9.17, 15) is 27.1 Å². The molecule has 0 spiro atoms. The second kappa shape index (κ2) is 4.99. The van der Waals surface area contributed by atoms with Crippen molar-refractivity contribution in [2.24, 2.45) is 0 Å². The first kappa shape index (κ1) is 14.5. The number of rotatable bonds is 3. The lowest BCUT2D eigenvalue weighted by Gasteiger charge is -2.11. The molecule has 5 nitrogen and oxygen atoms in total. The zero-order chi connectivity index (χ0) is 14.1. The summed E-state index contributed by atoms with van der Waals surface area (Å²) < 4.78 is 53.2. The zero-order valence-electron chi connectivity index (χ0n) is 9.48. The van der Waals surface area contributed by atoms with E-state index in [1.165, 1.54) is 0 Å². The molecule has 0 aliphatic heterocycles. The topological polar surface area (TPSA) is 80.7 Å². The standard InChI is InChI=1S/C10H10F2O5S/c1-17-10(14)9(13)6-3-5(18(2,15)16)4-7(11)8(6)12/h3-4,9,13H,1-2H3. The highest BCUT2D eigenvalue weighted by Gasteiger charge is 2.26. The number of aliphatic hydroxyl groups is 1. The van der Waals surface area contributed by atoms with Crippen LogP contribution in [0.15, 0.2) is 17.0 Å². The number of aliphatic hydroxyl groups excluding tert-OH is 1. The summed E-state index contributed by atoms with van der Waals surface area (Å²) in [5.41, 5.74) is -0.790. The zero-order valence-corrected chi connectivity index (χ0v) is 10.3. The molecule has 1 aromatic rings. The maximum absolute atomic E-state index is 13.4. The average Bonchev–Trinajstić information content (AvgIpc) is 2.29. The van der Waals surface area contributed by atoms with Gasteiger partial charge in [-0.05, 0) is 12.1 Å². The van der Waals surface area contributed by atoms with Crippen molar-refractivity contribution < 1.29 is 31.8 Å². The number of carbonyl (C=O) groups is 1. The lowest BCUT2D eigenvalue weighted by molar-refractivity contribution is -0.150. The smallest absolute Gasteiger partial charge is 0.339 e. The van der Waals surface area contributed by atoms with Crippen LogP contribution in [0.3, 0.4) is 0 Å². The van der Waals surface area contributed by atoms with Crippen LogP contribution in [-0.2, 0) is 19.4 Å². The fraction of sp³-hybridized carbons (Fsp3) is 0.300. The summed E-state index contributed by atoms with van der Waals surface area (Å²) in [6.07, 6.45) is -1.31. The van der Waals surface area contributed by atoms with E-state index in [-0.39, 0.29) is 0 Å². The first-order valence-corrected chi connectivity index (χ1v) is 6.52. The summed E-state index contributed by atoms with van der Waals surface area (Å²) in [7, 11) is -2.86. The third-order valence-electron chi connectivity index (χ3n) is 2.18. The average molecular weight is 280 g/mol. The third-order valence-corrected chi connectivity index (χ3v) is 3.27. The van der Waals surface area contributed by atoms with Crippen molar-refractivity contribution >= 4 is 15.8 Å². The lowest BCUT2D eigenvalue weighted by Crippen LogP contribution is -2.16. The van der Waals surface area contributed by atoms with E-state index in [1.54, 1.807) is 0 Å². The van der Waals surface area contributed by atoms with Gasteiger partial charge < -0.3 is 9.84 Å². The summed E-state index contributed by atoms with van der Waals surface area (Å²) in [6.45, 7) is 0. The van der Waals surface area contributed by atoms with Gasteiger partial charge in [0.05, 0.1) is 12.0 Å². The summed E-state index contributed by atoms with van der Waals surface area (Å²) >= 11 is 0. The van der Waals surface area contributed by atoms with Crippen LogP contribution in [0, 0.1) is 11.6 Å². The van der Waals surface area contributed by atoms with Crippen molar-refractivity contribution in [1.29, 1.82) is 0 Å². The van der Waals surface area contributed by atoms with Crippen molar-refractivity contribution in [3.8, 4) is 0 Å². The molecule has 1 atom stereocenters. The minimum atomic E-state index is -3.80. The number of hydrogen-bond donors (Lipinski definition) is 1. The molecular formula is C10H10F2O5S. The van der Waals surface area contributed by atoms with Crippen molar-refractivity contribution in [3.63, 3.8) is 0 Å². The first-order chi connectivity index (χ1) is 8.18. The van der Waals surface area contributed by atoms with Gasteiger partial charge in [-0.1, -0.05) is 0 Å². The quantitative estimate of drug-likeness (QED) is 0.647. The van der Waals surface area contributed by atoms with Crippen molar-refractivity contribution in [2.45, 2.75) is 11.0 Å². The van der Waals surface area contributed by atoms with Crippen LogP contribution in [0.4, 0.5) is 8.78 Å². The number of esters is 1. The predicted octanol–water partition coefficient (Wildman–Crippen LogP) is 0.575. The van der Waals surface area contributed by atoms with Crippen LogP contribution in [0.2, 0.25) is 0 Å². The van der Waals surface area contributed by atoms with Gasteiger partial charge in [-0.25, -0.2) is 22.0 Å². The Hall–Kier alpha value is -1.54. The highest BCUT2D eigenvalue weighted by Crippen LogP contribution is 2.24. The third kappa shape index (κ3) is 2.82. The first-order valence-electron chi connectivity index (χ1n) is 4.63. The van der Waals surface area contributed by atoms with Crippen LogP contribution in [0.5, 0.6) is 0 Å². The Labute approximate surface area is 102 Å². The lowest BCUT2D eigenvalue weighted by atomic mass is 10.1. The Bertz CT molecular complexity index is 582. The van der Waals surface area contributed by atoms with Crippen LogP contribution < -0.4 is 0 Å². The van der Waals surface area contributed by atoms with Gasteiger partial charge in [0.25, 0.3) is 0 Å². The van der Waals surface area contributed by atoms with E-state index in [2.05, 4.69) is 4.74 Å². The van der Waals surface area contributed by atoms with E-state index in [4.69, 9.17) is 0 Å². The Morgan fingerprint density at radius 1 is 1.39 bits per heavy atom. The van der Waals surface area contributed by atoms with E-state index in [0.717, 1.165) is 13.4 Å². The molecular weight excluding hydrogens is 270 g/mol. The Kier molecular flexibility index (Phi) is 4.02. The normalized spacial score (nSPS) is 13.2. The highest BCUT2D eigenvalue weighted by molar-refractivity contribution is 7.90. The number of halogens is 2. The molecule has 1 unspecified atom stereocenters. The molecule has 0 amide bonds. The molecule has 0 bridgehead atoms. The van der Waals surface area contributed by atoms with Crippen molar-refractivity contribution in [3.05, 3.63) is 29.3 Å². The summed E-state index contributed by atoms with van der Waals surface area (Å²) in [5, 5.41) is 9.41. The second-order valence-corrected chi connectivity index (χ2v) is 5.52. The highest BCUT2D eigenvalue weighted by atomic mass is 32.2. The van der Waals surface area contributed by atoms with Crippen molar-refractivity contribution in [1.82, 2.24) is 0 Å². The van der Waals surface area contributed by atoms with E-state index in [0.29, 0.717) is 12.1 Å². The number of sulfone groups is 1. The van der Waals surface area contributed by atoms with Gasteiger partial charge in [0.1, 0.15) is 0 Å². The molecule has 100 valence electrons. The van der Waals surface area contributed by atoms with Crippen LogP contribution in [-0.4, -0.2) is 32.9 Å². The summed E-state index contributed by atoms with van der Waals surface area (Å²) in [6, 6.07) is 1.16. The molecule has 0 heterocycles. The minimum Gasteiger partial charge on any atom is -0.467 e.